The number of nitrogens with zero attached hydrogens (tertiary/aromatic N) is 3. The molecule has 0 radical (unpaired) electrons. The summed E-state index contributed by atoms with van der Waals surface area (Å²) in [5.74, 6) is 0.197. The molecule has 0 saturated carbocycles. The third-order valence-corrected chi connectivity index (χ3v) is 4.98. The quantitative estimate of drug-likeness (QED) is 0.481. The average molecular weight is 418 g/mol. The number of hydrogen-bond acceptors (Lipinski definition) is 5. The topological polar surface area (TPSA) is 77.1 Å². The average Bonchev–Trinajstić information content (AvgIpc) is 3.07. The first kappa shape index (κ1) is 22.1. The van der Waals surface area contributed by atoms with E-state index in [0.717, 1.165) is 40.8 Å². The Hall–Kier alpha value is -3.59. The van der Waals surface area contributed by atoms with Gasteiger partial charge in [-0.1, -0.05) is 55.8 Å². The fraction of sp³-hybridized carbons (Fsp3) is 0.320. The molecule has 6 heteroatoms. The number of aromatic nitrogens is 2. The molecular formula is C25H27N3O3. The van der Waals surface area contributed by atoms with Crippen molar-refractivity contribution in [2.75, 3.05) is 13.2 Å². The van der Waals surface area contributed by atoms with Crippen molar-refractivity contribution in [2.24, 2.45) is 7.05 Å². The molecule has 0 amide bonds. The van der Waals surface area contributed by atoms with E-state index in [1.165, 1.54) is 0 Å². The summed E-state index contributed by atoms with van der Waals surface area (Å²) in [6, 6.07) is 18.0. The molecule has 0 aliphatic rings. The molecule has 1 aromatic heterocycles. The van der Waals surface area contributed by atoms with Crippen molar-refractivity contribution in [2.45, 2.75) is 33.1 Å². The normalized spacial score (nSPS) is 10.5. The summed E-state index contributed by atoms with van der Waals surface area (Å²) in [4.78, 5) is 11.8. The lowest BCUT2D eigenvalue weighted by atomic mass is 9.97. The van der Waals surface area contributed by atoms with Gasteiger partial charge in [0.15, 0.2) is 6.61 Å². The molecule has 3 aromatic rings. The molecule has 0 atom stereocenters. The minimum atomic E-state index is -0.396. The van der Waals surface area contributed by atoms with Gasteiger partial charge >= 0.3 is 5.97 Å². The van der Waals surface area contributed by atoms with Crippen LogP contribution in [0.3, 0.4) is 0 Å². The predicted octanol–water partition coefficient (Wildman–Crippen LogP) is 4.44. The second kappa shape index (κ2) is 10.4. The van der Waals surface area contributed by atoms with Crippen LogP contribution < -0.4 is 4.74 Å². The number of esters is 1. The van der Waals surface area contributed by atoms with Crippen molar-refractivity contribution in [1.29, 1.82) is 5.26 Å². The molecule has 0 aliphatic heterocycles. The van der Waals surface area contributed by atoms with Gasteiger partial charge in [-0.3, -0.25) is 0 Å². The van der Waals surface area contributed by atoms with Crippen LogP contribution in [0.5, 0.6) is 5.88 Å². The van der Waals surface area contributed by atoms with Crippen LogP contribution in [0.15, 0.2) is 48.5 Å². The Kier molecular flexibility index (Phi) is 7.45. The molecule has 2 aromatic carbocycles. The first-order chi connectivity index (χ1) is 15.1. The zero-order chi connectivity index (χ0) is 22.2. The van der Waals surface area contributed by atoms with E-state index < -0.39 is 5.97 Å². The summed E-state index contributed by atoms with van der Waals surface area (Å²) in [6.45, 7) is 4.06. The predicted molar refractivity (Wildman–Crippen MR) is 119 cm³/mol. The number of benzene rings is 2. The Labute approximate surface area is 183 Å². The first-order valence-electron chi connectivity index (χ1n) is 10.5. The molecule has 0 saturated heterocycles. The highest BCUT2D eigenvalue weighted by atomic mass is 16.6. The van der Waals surface area contributed by atoms with Crippen molar-refractivity contribution >= 4 is 5.97 Å². The second-order valence-electron chi connectivity index (χ2n) is 7.23. The molecule has 1 heterocycles. The van der Waals surface area contributed by atoms with E-state index in [9.17, 15) is 10.1 Å². The molecule has 0 spiro atoms. The van der Waals surface area contributed by atoms with Gasteiger partial charge in [0.1, 0.15) is 0 Å². The van der Waals surface area contributed by atoms with Crippen molar-refractivity contribution in [3.05, 3.63) is 70.9 Å². The summed E-state index contributed by atoms with van der Waals surface area (Å²) in [7, 11) is 1.82. The van der Waals surface area contributed by atoms with Crippen LogP contribution in [-0.2, 0) is 29.4 Å². The molecule has 0 aliphatic carbocycles. The molecule has 0 fully saturated rings. The van der Waals surface area contributed by atoms with Crippen molar-refractivity contribution in [3.8, 4) is 23.1 Å². The Morgan fingerprint density at radius 3 is 2.55 bits per heavy atom. The van der Waals surface area contributed by atoms with E-state index >= 15 is 0 Å². The van der Waals surface area contributed by atoms with Crippen LogP contribution in [0.4, 0.5) is 0 Å². The summed E-state index contributed by atoms with van der Waals surface area (Å²) in [5, 5.41) is 14.0. The zero-order valence-electron chi connectivity index (χ0n) is 18.2. The number of ether oxygens (including phenoxy) is 2. The van der Waals surface area contributed by atoms with Gasteiger partial charge in [0.2, 0.25) is 5.88 Å². The summed E-state index contributed by atoms with van der Waals surface area (Å²) in [5.41, 5.74) is 5.64. The van der Waals surface area contributed by atoms with Crippen LogP contribution in [0, 0.1) is 11.3 Å². The van der Waals surface area contributed by atoms with Gasteiger partial charge in [-0.25, -0.2) is 9.48 Å². The Morgan fingerprint density at radius 2 is 1.87 bits per heavy atom. The number of carbonyl (C=O) groups is 1. The minimum absolute atomic E-state index is 0.143. The highest BCUT2D eigenvalue weighted by Crippen LogP contribution is 2.28. The standard InChI is InChI=1S/C25H27N3O3/c1-4-8-23-22(25(28(3)27-23)31-17-24(29)30-5-2)15-18-11-13-19(14-12-18)21-10-7-6-9-20(21)16-26/h6-7,9-14H,4-5,8,15,17H2,1-3H3. The van der Waals surface area contributed by atoms with Crippen LogP contribution in [0.1, 0.15) is 42.7 Å². The van der Waals surface area contributed by atoms with Gasteiger partial charge in [-0.2, -0.15) is 10.4 Å². The third-order valence-electron chi connectivity index (χ3n) is 4.98. The summed E-state index contributed by atoms with van der Waals surface area (Å²) >= 11 is 0. The molecule has 160 valence electrons. The SMILES string of the molecule is CCCc1nn(C)c(OCC(=O)OCC)c1Cc1ccc(-c2ccccc2C#N)cc1. The van der Waals surface area contributed by atoms with Crippen molar-refractivity contribution in [3.63, 3.8) is 0 Å². The second-order valence-corrected chi connectivity index (χ2v) is 7.23. The summed E-state index contributed by atoms with van der Waals surface area (Å²) in [6.07, 6.45) is 2.44. The maximum Gasteiger partial charge on any atom is 0.344 e. The number of carbonyl (C=O) groups excluding carboxylic acids is 1. The fourth-order valence-electron chi connectivity index (χ4n) is 3.57. The lowest BCUT2D eigenvalue weighted by Gasteiger charge is -2.10. The molecule has 3 rings (SSSR count). The van der Waals surface area contributed by atoms with E-state index in [0.29, 0.717) is 24.5 Å². The van der Waals surface area contributed by atoms with Gasteiger partial charge in [0.05, 0.1) is 23.9 Å². The smallest absolute Gasteiger partial charge is 0.344 e. The van der Waals surface area contributed by atoms with E-state index in [1.54, 1.807) is 11.6 Å². The maximum absolute atomic E-state index is 11.8. The van der Waals surface area contributed by atoms with Gasteiger partial charge in [-0.15, -0.1) is 0 Å². The first-order valence-corrected chi connectivity index (χ1v) is 10.5. The van der Waals surface area contributed by atoms with Crippen LogP contribution in [0.2, 0.25) is 0 Å². The van der Waals surface area contributed by atoms with Gasteiger partial charge < -0.3 is 9.47 Å². The Morgan fingerprint density at radius 1 is 1.13 bits per heavy atom. The molecule has 31 heavy (non-hydrogen) atoms. The fourth-order valence-corrected chi connectivity index (χ4v) is 3.57. The lowest BCUT2D eigenvalue weighted by molar-refractivity contribution is -0.145. The van der Waals surface area contributed by atoms with Crippen molar-refractivity contribution in [1.82, 2.24) is 9.78 Å². The number of hydrogen-bond donors (Lipinski definition) is 0. The van der Waals surface area contributed by atoms with Gasteiger partial charge in [-0.05, 0) is 36.1 Å². The third kappa shape index (κ3) is 5.32. The van der Waals surface area contributed by atoms with Gasteiger partial charge in [0.25, 0.3) is 0 Å². The minimum Gasteiger partial charge on any atom is -0.466 e. The number of rotatable bonds is 9. The van der Waals surface area contributed by atoms with Crippen LogP contribution >= 0.6 is 0 Å². The van der Waals surface area contributed by atoms with Crippen molar-refractivity contribution < 1.29 is 14.3 Å². The van der Waals surface area contributed by atoms with E-state index in [2.05, 4.69) is 30.2 Å². The summed E-state index contributed by atoms with van der Waals surface area (Å²) < 4.78 is 12.5. The lowest BCUT2D eigenvalue weighted by Crippen LogP contribution is -2.16. The van der Waals surface area contributed by atoms with Crippen LogP contribution in [0.25, 0.3) is 11.1 Å². The van der Waals surface area contributed by atoms with Crippen LogP contribution in [-0.4, -0.2) is 29.0 Å². The Balaban J connectivity index is 1.85. The molecule has 0 N–H and O–H groups in total. The number of aryl methyl sites for hydroxylation is 2. The highest BCUT2D eigenvalue weighted by Gasteiger charge is 2.19. The van der Waals surface area contributed by atoms with E-state index in [4.69, 9.17) is 9.47 Å². The molecule has 6 nitrogen and oxygen atoms in total. The maximum atomic E-state index is 11.8. The van der Waals surface area contributed by atoms with Gasteiger partial charge in [0, 0.05) is 19.0 Å². The van der Waals surface area contributed by atoms with E-state index in [-0.39, 0.29) is 6.61 Å². The monoisotopic (exact) mass is 417 g/mol. The number of nitriles is 1. The Bertz CT molecular complexity index is 1080. The molecular weight excluding hydrogens is 390 g/mol. The largest absolute Gasteiger partial charge is 0.466 e. The van der Waals surface area contributed by atoms with E-state index in [1.807, 2.05) is 43.4 Å². The molecule has 0 unspecified atom stereocenters. The molecule has 0 bridgehead atoms. The highest BCUT2D eigenvalue weighted by molar-refractivity contribution is 5.71. The zero-order valence-corrected chi connectivity index (χ0v) is 18.2.